The summed E-state index contributed by atoms with van der Waals surface area (Å²) >= 11 is 0. The van der Waals surface area contributed by atoms with Gasteiger partial charge in [0.15, 0.2) is 0 Å². The second kappa shape index (κ2) is 14.8. The maximum Gasteiger partial charge on any atom is 0.220 e. The molecule has 120 valence electrons. The topological polar surface area (TPSA) is 49.3 Å². The van der Waals surface area contributed by atoms with Crippen LogP contribution in [0.5, 0.6) is 0 Å². The highest BCUT2D eigenvalue weighted by Crippen LogP contribution is 2.10. The minimum absolute atomic E-state index is 0.178. The zero-order valence-corrected chi connectivity index (χ0v) is 13.6. The third kappa shape index (κ3) is 12.5. The van der Waals surface area contributed by atoms with Crippen molar-refractivity contribution in [3.05, 3.63) is 0 Å². The number of carbonyl (C=O) groups is 1. The first kappa shape index (κ1) is 19.4. The standard InChI is InChI=1S/C17H35NO2/c1-3-5-6-7-8-9-10-12-17(20)18-15-16(11-4-2)13-14-19/h16,19H,3-15H2,1-2H3,(H,18,20). The maximum absolute atomic E-state index is 11.7. The molecular weight excluding hydrogens is 250 g/mol. The molecule has 0 aliphatic carbocycles. The number of aliphatic hydroxyl groups excluding tert-OH is 1. The van der Waals surface area contributed by atoms with E-state index in [0.717, 1.165) is 32.2 Å². The third-order valence-electron chi connectivity index (χ3n) is 3.83. The van der Waals surface area contributed by atoms with Crippen LogP contribution in [0.1, 0.15) is 84.5 Å². The number of rotatable bonds is 14. The molecule has 0 aromatic carbocycles. The Morgan fingerprint density at radius 3 is 2.20 bits per heavy atom. The van der Waals surface area contributed by atoms with Crippen molar-refractivity contribution >= 4 is 5.91 Å². The number of hydrogen-bond acceptors (Lipinski definition) is 2. The van der Waals surface area contributed by atoms with E-state index in [-0.39, 0.29) is 12.5 Å². The smallest absolute Gasteiger partial charge is 0.220 e. The van der Waals surface area contributed by atoms with Crippen molar-refractivity contribution < 1.29 is 9.90 Å². The van der Waals surface area contributed by atoms with Crippen LogP contribution in [0.4, 0.5) is 0 Å². The van der Waals surface area contributed by atoms with Crippen LogP contribution in [0, 0.1) is 5.92 Å². The summed E-state index contributed by atoms with van der Waals surface area (Å²) in [6.45, 7) is 5.32. The Hall–Kier alpha value is -0.570. The Morgan fingerprint density at radius 2 is 1.60 bits per heavy atom. The summed E-state index contributed by atoms with van der Waals surface area (Å²) in [7, 11) is 0. The van der Waals surface area contributed by atoms with Gasteiger partial charge in [-0.05, 0) is 25.2 Å². The van der Waals surface area contributed by atoms with Gasteiger partial charge in [0.25, 0.3) is 0 Å². The fourth-order valence-corrected chi connectivity index (χ4v) is 2.53. The molecule has 1 atom stereocenters. The average Bonchev–Trinajstić information content (AvgIpc) is 2.44. The number of unbranched alkanes of at least 4 members (excludes halogenated alkanes) is 6. The lowest BCUT2D eigenvalue weighted by Gasteiger charge is -2.15. The fraction of sp³-hybridized carbons (Fsp3) is 0.941. The van der Waals surface area contributed by atoms with Crippen LogP contribution < -0.4 is 5.32 Å². The van der Waals surface area contributed by atoms with Crippen molar-refractivity contribution in [1.82, 2.24) is 5.32 Å². The van der Waals surface area contributed by atoms with Gasteiger partial charge in [-0.3, -0.25) is 4.79 Å². The second-order valence-electron chi connectivity index (χ2n) is 5.84. The van der Waals surface area contributed by atoms with Crippen molar-refractivity contribution in [3.63, 3.8) is 0 Å². The van der Waals surface area contributed by atoms with Crippen LogP contribution in [0.25, 0.3) is 0 Å². The molecule has 0 heterocycles. The molecule has 0 saturated heterocycles. The molecule has 0 fully saturated rings. The predicted molar refractivity (Wildman–Crippen MR) is 85.7 cm³/mol. The lowest BCUT2D eigenvalue weighted by Crippen LogP contribution is -2.29. The molecule has 0 rings (SSSR count). The Morgan fingerprint density at radius 1 is 0.950 bits per heavy atom. The van der Waals surface area contributed by atoms with E-state index in [9.17, 15) is 4.79 Å². The van der Waals surface area contributed by atoms with Crippen molar-refractivity contribution in [1.29, 1.82) is 0 Å². The van der Waals surface area contributed by atoms with E-state index in [1.165, 1.54) is 38.5 Å². The SMILES string of the molecule is CCCCCCCCCC(=O)NCC(CCC)CCO. The monoisotopic (exact) mass is 285 g/mol. The molecular formula is C17H35NO2. The second-order valence-corrected chi connectivity index (χ2v) is 5.84. The Balaban J connectivity index is 3.47. The van der Waals surface area contributed by atoms with Crippen LogP contribution in [-0.4, -0.2) is 24.2 Å². The van der Waals surface area contributed by atoms with Crippen molar-refractivity contribution in [3.8, 4) is 0 Å². The van der Waals surface area contributed by atoms with Gasteiger partial charge in [-0.15, -0.1) is 0 Å². The molecule has 0 aliphatic heterocycles. The van der Waals surface area contributed by atoms with E-state index in [4.69, 9.17) is 5.11 Å². The summed E-state index contributed by atoms with van der Waals surface area (Å²) < 4.78 is 0. The van der Waals surface area contributed by atoms with E-state index in [1.54, 1.807) is 0 Å². The number of carbonyl (C=O) groups excluding carboxylic acids is 1. The first-order chi connectivity index (χ1) is 9.74. The van der Waals surface area contributed by atoms with E-state index in [2.05, 4.69) is 19.2 Å². The molecule has 0 aromatic rings. The molecule has 0 aromatic heterocycles. The minimum atomic E-state index is 0.178. The molecule has 0 saturated carbocycles. The van der Waals surface area contributed by atoms with Gasteiger partial charge in [0.2, 0.25) is 5.91 Å². The number of amides is 1. The van der Waals surface area contributed by atoms with Crippen LogP contribution in [0.3, 0.4) is 0 Å². The Bertz CT molecular complexity index is 213. The summed E-state index contributed by atoms with van der Waals surface area (Å²) in [5.74, 6) is 0.612. The highest BCUT2D eigenvalue weighted by molar-refractivity contribution is 5.75. The molecule has 20 heavy (non-hydrogen) atoms. The van der Waals surface area contributed by atoms with Crippen molar-refractivity contribution in [2.45, 2.75) is 84.5 Å². The Kier molecular flexibility index (Phi) is 14.4. The first-order valence-corrected chi connectivity index (χ1v) is 8.62. The fourth-order valence-electron chi connectivity index (χ4n) is 2.53. The highest BCUT2D eigenvalue weighted by Gasteiger charge is 2.09. The van der Waals surface area contributed by atoms with E-state index >= 15 is 0 Å². The summed E-state index contributed by atoms with van der Waals surface area (Å²) in [6.07, 6.45) is 12.4. The third-order valence-corrected chi connectivity index (χ3v) is 3.83. The lowest BCUT2D eigenvalue weighted by molar-refractivity contribution is -0.121. The van der Waals surface area contributed by atoms with Gasteiger partial charge in [-0.2, -0.15) is 0 Å². The molecule has 1 unspecified atom stereocenters. The van der Waals surface area contributed by atoms with Gasteiger partial charge in [0.05, 0.1) is 0 Å². The molecule has 0 spiro atoms. The van der Waals surface area contributed by atoms with Gasteiger partial charge in [-0.25, -0.2) is 0 Å². The first-order valence-electron chi connectivity index (χ1n) is 8.62. The quantitative estimate of drug-likeness (QED) is 0.473. The molecule has 0 bridgehead atoms. The number of hydrogen-bond donors (Lipinski definition) is 2. The minimum Gasteiger partial charge on any atom is -0.396 e. The summed E-state index contributed by atoms with van der Waals surface area (Å²) in [5.41, 5.74) is 0. The summed E-state index contributed by atoms with van der Waals surface area (Å²) in [5, 5.41) is 12.0. The van der Waals surface area contributed by atoms with Gasteiger partial charge >= 0.3 is 0 Å². The number of aliphatic hydroxyl groups is 1. The van der Waals surface area contributed by atoms with E-state index < -0.39 is 0 Å². The largest absolute Gasteiger partial charge is 0.396 e. The summed E-state index contributed by atoms with van der Waals surface area (Å²) in [4.78, 5) is 11.7. The van der Waals surface area contributed by atoms with Crippen LogP contribution >= 0.6 is 0 Å². The van der Waals surface area contributed by atoms with E-state index in [1.807, 2.05) is 0 Å². The zero-order valence-electron chi connectivity index (χ0n) is 13.6. The average molecular weight is 285 g/mol. The summed E-state index contributed by atoms with van der Waals surface area (Å²) in [6, 6.07) is 0. The maximum atomic E-state index is 11.7. The molecule has 0 aliphatic rings. The molecule has 1 amide bonds. The van der Waals surface area contributed by atoms with E-state index in [0.29, 0.717) is 12.3 Å². The highest BCUT2D eigenvalue weighted by atomic mass is 16.3. The van der Waals surface area contributed by atoms with Crippen LogP contribution in [-0.2, 0) is 4.79 Å². The van der Waals surface area contributed by atoms with Crippen molar-refractivity contribution in [2.24, 2.45) is 5.92 Å². The predicted octanol–water partition coefficient (Wildman–Crippen LogP) is 4.04. The van der Waals surface area contributed by atoms with Gasteiger partial charge in [-0.1, -0.05) is 58.8 Å². The van der Waals surface area contributed by atoms with Crippen LogP contribution in [0.15, 0.2) is 0 Å². The van der Waals surface area contributed by atoms with Crippen LogP contribution in [0.2, 0.25) is 0 Å². The Labute approximate surface area is 125 Å². The normalized spacial score (nSPS) is 12.3. The van der Waals surface area contributed by atoms with Gasteiger partial charge < -0.3 is 10.4 Å². The molecule has 3 heteroatoms. The number of nitrogens with one attached hydrogen (secondary N) is 1. The van der Waals surface area contributed by atoms with Gasteiger partial charge in [0.1, 0.15) is 0 Å². The van der Waals surface area contributed by atoms with Gasteiger partial charge in [0, 0.05) is 19.6 Å². The molecule has 2 N–H and O–H groups in total. The van der Waals surface area contributed by atoms with Crippen molar-refractivity contribution in [2.75, 3.05) is 13.2 Å². The zero-order chi connectivity index (χ0) is 15.1. The lowest BCUT2D eigenvalue weighted by atomic mass is 10.00. The molecule has 0 radical (unpaired) electrons. The molecule has 3 nitrogen and oxygen atoms in total.